The van der Waals surface area contributed by atoms with Gasteiger partial charge in [-0.05, 0) is 52.7 Å². The third-order valence-corrected chi connectivity index (χ3v) is 4.77. The molecule has 1 saturated heterocycles. The predicted molar refractivity (Wildman–Crippen MR) is 115 cm³/mol. The first kappa shape index (κ1) is 22.5. The molecule has 5 nitrogen and oxygen atoms in total. The van der Waals surface area contributed by atoms with Gasteiger partial charge in [0.05, 0.1) is 17.6 Å². The number of alkyl halides is 1. The van der Waals surface area contributed by atoms with Gasteiger partial charge >= 0.3 is 0 Å². The Balaban J connectivity index is 2.09. The summed E-state index contributed by atoms with van der Waals surface area (Å²) in [6.07, 6.45) is 6.58. The Morgan fingerprint density at radius 2 is 2.00 bits per heavy atom. The number of hydrogen-bond acceptors (Lipinski definition) is 4. The van der Waals surface area contributed by atoms with E-state index in [1.54, 1.807) is 25.3 Å². The van der Waals surface area contributed by atoms with Gasteiger partial charge < -0.3 is 9.64 Å². The quantitative estimate of drug-likeness (QED) is 0.370. The topological polar surface area (TPSA) is 54.8 Å². The molecule has 0 saturated carbocycles. The Morgan fingerprint density at radius 3 is 2.48 bits per heavy atom. The number of aromatic nitrogens is 1. The van der Waals surface area contributed by atoms with E-state index in [1.165, 1.54) is 20.0 Å². The molecule has 0 radical (unpaired) electrons. The lowest BCUT2D eigenvalue weighted by atomic mass is 9.90. The maximum atomic E-state index is 14.0. The second kappa shape index (κ2) is 9.63. The highest BCUT2D eigenvalue weighted by atomic mass is 19.1. The van der Waals surface area contributed by atoms with Crippen LogP contribution < -0.4 is 4.74 Å². The van der Waals surface area contributed by atoms with Crippen LogP contribution in [0.4, 0.5) is 4.39 Å². The molecule has 6 heteroatoms. The maximum Gasteiger partial charge on any atom is 0.248 e. The molecular formula is C23H30FN3O2. The van der Waals surface area contributed by atoms with Crippen molar-refractivity contribution in [2.75, 3.05) is 13.1 Å². The summed E-state index contributed by atoms with van der Waals surface area (Å²) in [6.45, 7) is 15.6. The van der Waals surface area contributed by atoms with Crippen LogP contribution in [-0.2, 0) is 10.5 Å². The van der Waals surface area contributed by atoms with Crippen molar-refractivity contribution in [3.8, 4) is 5.75 Å². The molecule has 0 N–H and O–H groups in total. The molecule has 2 rings (SSSR count). The van der Waals surface area contributed by atoms with E-state index in [1.807, 2.05) is 17.9 Å². The van der Waals surface area contributed by atoms with E-state index in [0.717, 1.165) is 18.6 Å². The van der Waals surface area contributed by atoms with Gasteiger partial charge in [-0.2, -0.15) is 0 Å². The number of piperidine rings is 1. The zero-order valence-electron chi connectivity index (χ0n) is 17.7. The van der Waals surface area contributed by atoms with Crippen LogP contribution in [0.1, 0.15) is 46.2 Å². The molecule has 0 aromatic carbocycles. The number of likely N-dealkylation sites (tertiary alicyclic amines) is 1. The van der Waals surface area contributed by atoms with Crippen LogP contribution in [0.2, 0.25) is 0 Å². The van der Waals surface area contributed by atoms with Gasteiger partial charge in [-0.3, -0.25) is 14.8 Å². The minimum absolute atomic E-state index is 0.00702. The molecule has 0 aliphatic carbocycles. The number of pyridine rings is 1. The number of allylic oxidation sites excluding steroid dienone is 2. The normalized spacial score (nSPS) is 16.2. The van der Waals surface area contributed by atoms with E-state index >= 15 is 0 Å². The van der Waals surface area contributed by atoms with Crippen molar-refractivity contribution in [1.82, 2.24) is 9.88 Å². The van der Waals surface area contributed by atoms with Crippen molar-refractivity contribution in [3.05, 3.63) is 60.8 Å². The molecule has 2 heterocycles. The lowest BCUT2D eigenvalue weighted by molar-refractivity contribution is -0.128. The minimum atomic E-state index is -1.51. The molecule has 0 spiro atoms. The van der Waals surface area contributed by atoms with Crippen molar-refractivity contribution >= 4 is 11.6 Å². The molecule has 0 unspecified atom stereocenters. The molecule has 1 aliphatic heterocycles. The molecule has 1 fully saturated rings. The number of halogens is 1. The van der Waals surface area contributed by atoms with Crippen molar-refractivity contribution in [1.29, 1.82) is 0 Å². The molecule has 1 aliphatic rings. The zero-order chi connectivity index (χ0) is 21.6. The first-order valence-electron chi connectivity index (χ1n) is 9.79. The average Bonchev–Trinajstić information content (AvgIpc) is 2.68. The van der Waals surface area contributed by atoms with Crippen molar-refractivity contribution in [3.63, 3.8) is 0 Å². The second-order valence-electron chi connectivity index (χ2n) is 7.72. The smallest absolute Gasteiger partial charge is 0.248 e. The van der Waals surface area contributed by atoms with Gasteiger partial charge in [0.15, 0.2) is 0 Å². The Bertz CT molecular complexity index is 812. The van der Waals surface area contributed by atoms with E-state index in [4.69, 9.17) is 4.74 Å². The Labute approximate surface area is 172 Å². The van der Waals surface area contributed by atoms with Gasteiger partial charge in [-0.25, -0.2) is 4.39 Å². The van der Waals surface area contributed by atoms with Gasteiger partial charge in [-0.1, -0.05) is 19.2 Å². The highest BCUT2D eigenvalue weighted by molar-refractivity contribution is 6.00. The van der Waals surface area contributed by atoms with Crippen molar-refractivity contribution in [2.45, 2.75) is 46.2 Å². The van der Waals surface area contributed by atoms with E-state index < -0.39 is 5.67 Å². The van der Waals surface area contributed by atoms with Gasteiger partial charge in [0.25, 0.3) is 0 Å². The summed E-state index contributed by atoms with van der Waals surface area (Å²) in [5.41, 5.74) is 0.128. The number of amides is 1. The molecule has 1 aromatic heterocycles. The van der Waals surface area contributed by atoms with Gasteiger partial charge in [-0.15, -0.1) is 0 Å². The van der Waals surface area contributed by atoms with E-state index in [9.17, 15) is 9.18 Å². The molecule has 29 heavy (non-hydrogen) atoms. The lowest BCUT2D eigenvalue weighted by Crippen LogP contribution is -2.41. The summed E-state index contributed by atoms with van der Waals surface area (Å²) in [5, 5.41) is 0. The van der Waals surface area contributed by atoms with Gasteiger partial charge in [0.2, 0.25) is 5.91 Å². The Kier molecular flexibility index (Phi) is 7.48. The van der Waals surface area contributed by atoms with Crippen LogP contribution in [0.5, 0.6) is 5.75 Å². The van der Waals surface area contributed by atoms with Crippen molar-refractivity contribution in [2.24, 2.45) is 10.9 Å². The molecule has 156 valence electrons. The van der Waals surface area contributed by atoms with Gasteiger partial charge in [0, 0.05) is 30.8 Å². The molecule has 1 amide bonds. The monoisotopic (exact) mass is 399 g/mol. The summed E-state index contributed by atoms with van der Waals surface area (Å²) in [4.78, 5) is 22.6. The van der Waals surface area contributed by atoms with Gasteiger partial charge in [0.1, 0.15) is 17.2 Å². The average molecular weight is 400 g/mol. The van der Waals surface area contributed by atoms with E-state index in [0.29, 0.717) is 35.9 Å². The Morgan fingerprint density at radius 1 is 1.34 bits per heavy atom. The summed E-state index contributed by atoms with van der Waals surface area (Å²) in [6, 6.07) is 3.28. The zero-order valence-corrected chi connectivity index (χ0v) is 17.7. The number of carbonyl (C=O) groups excluding carboxylic acids is 1. The molecule has 0 atom stereocenters. The summed E-state index contributed by atoms with van der Waals surface area (Å²) in [5.74, 6) is 1.03. The highest BCUT2D eigenvalue weighted by Gasteiger charge is 2.28. The van der Waals surface area contributed by atoms with Crippen LogP contribution in [-0.4, -0.2) is 34.6 Å². The highest BCUT2D eigenvalue weighted by Crippen LogP contribution is 2.27. The number of hydrogen-bond donors (Lipinski definition) is 0. The summed E-state index contributed by atoms with van der Waals surface area (Å²) >= 11 is 0. The fraction of sp³-hybridized carbons (Fsp3) is 0.435. The fourth-order valence-corrected chi connectivity index (χ4v) is 3.17. The summed E-state index contributed by atoms with van der Waals surface area (Å²) < 4.78 is 19.9. The fourth-order valence-electron chi connectivity index (χ4n) is 3.17. The SMILES string of the molecule is C=C(C)C(=O)N1CCC(C(=N/C=C\C)C(=C)Oc2ccc(C(C)(C)F)nc2)CC1. The lowest BCUT2D eigenvalue weighted by Gasteiger charge is -2.33. The third-order valence-electron chi connectivity index (χ3n) is 4.77. The molecular weight excluding hydrogens is 369 g/mol. The number of nitrogens with zero attached hydrogens (tertiary/aromatic N) is 3. The molecule has 0 bridgehead atoms. The van der Waals surface area contributed by atoms with Crippen LogP contribution in [0, 0.1) is 5.92 Å². The van der Waals surface area contributed by atoms with Crippen LogP contribution in [0.3, 0.4) is 0 Å². The predicted octanol–water partition coefficient (Wildman–Crippen LogP) is 4.97. The van der Waals surface area contributed by atoms with E-state index in [-0.39, 0.29) is 11.8 Å². The standard InChI is InChI=1S/C23H30FN3O2/c1-7-12-25-21(18-10-13-27(14-11-18)22(28)16(2)3)17(4)29-19-8-9-20(26-15-19)23(5,6)24/h7-9,12,15,18H,2,4,10-11,13-14H2,1,3,5-6H3/b12-7-,25-21?. The molecule has 1 aromatic rings. The Hall–Kier alpha value is -2.76. The summed E-state index contributed by atoms with van der Waals surface area (Å²) in [7, 11) is 0. The number of rotatable bonds is 7. The first-order valence-corrected chi connectivity index (χ1v) is 9.79. The third kappa shape index (κ3) is 6.11. The second-order valence-corrected chi connectivity index (χ2v) is 7.72. The number of carbonyl (C=O) groups is 1. The maximum absolute atomic E-state index is 14.0. The first-order chi connectivity index (χ1) is 13.6. The van der Waals surface area contributed by atoms with Crippen LogP contribution >= 0.6 is 0 Å². The van der Waals surface area contributed by atoms with Crippen LogP contribution in [0.25, 0.3) is 0 Å². The van der Waals surface area contributed by atoms with Crippen molar-refractivity contribution < 1.29 is 13.9 Å². The van der Waals surface area contributed by atoms with E-state index in [2.05, 4.69) is 23.1 Å². The number of aliphatic imine (C=N–C) groups is 1. The minimum Gasteiger partial charge on any atom is -0.454 e. The number of ether oxygens (including phenoxy) is 1. The van der Waals surface area contributed by atoms with Crippen LogP contribution in [0.15, 0.2) is 60.1 Å². The largest absolute Gasteiger partial charge is 0.454 e.